The van der Waals surface area contributed by atoms with Crippen LogP contribution in [0.25, 0.3) is 0 Å². The van der Waals surface area contributed by atoms with Crippen molar-refractivity contribution in [2.45, 2.75) is 229 Å². The lowest BCUT2D eigenvalue weighted by Gasteiger charge is -2.61. The van der Waals surface area contributed by atoms with Gasteiger partial charge < -0.3 is 25.5 Å². The number of carboxylic acid groups (broad SMARTS) is 1. The van der Waals surface area contributed by atoms with Gasteiger partial charge in [0, 0.05) is 31.0 Å². The largest absolute Gasteiger partial charge is 0.476 e. The summed E-state index contributed by atoms with van der Waals surface area (Å²) >= 11 is 0. The zero-order valence-electron chi connectivity index (χ0n) is 46.8. The molecule has 8 aliphatic carbocycles. The van der Waals surface area contributed by atoms with Crippen LogP contribution >= 0.6 is 0 Å². The highest BCUT2D eigenvalue weighted by molar-refractivity contribution is 5.92. The van der Waals surface area contributed by atoms with Crippen LogP contribution in [0.4, 0.5) is 0 Å². The van der Waals surface area contributed by atoms with E-state index in [9.17, 15) is 29.4 Å². The predicted octanol–water partition coefficient (Wildman–Crippen LogP) is 9.94. The molecule has 4 N–H and O–H groups in total. The van der Waals surface area contributed by atoms with Crippen molar-refractivity contribution in [2.75, 3.05) is 14.1 Å². The molecule has 8 saturated carbocycles. The number of hydrogen-bond acceptors (Lipinski definition) is 11. The van der Waals surface area contributed by atoms with Crippen molar-refractivity contribution in [3.63, 3.8) is 0 Å². The molecule has 2 aromatic rings. The first-order chi connectivity index (χ1) is 34.2. The van der Waals surface area contributed by atoms with E-state index in [-0.39, 0.29) is 72.4 Å². The van der Waals surface area contributed by atoms with E-state index in [1.807, 2.05) is 34.7 Å². The van der Waals surface area contributed by atoms with Crippen LogP contribution in [0.3, 0.4) is 0 Å². The van der Waals surface area contributed by atoms with Gasteiger partial charge in [0.15, 0.2) is 23.0 Å². The first-order valence-corrected chi connectivity index (χ1v) is 28.6. The van der Waals surface area contributed by atoms with Gasteiger partial charge >= 0.3 is 5.97 Å². The van der Waals surface area contributed by atoms with E-state index in [0.29, 0.717) is 64.0 Å². The monoisotopic (exact) mass is 1030 g/mol. The minimum Gasteiger partial charge on any atom is -0.476 e. The normalized spacial score (nSPS) is 40.8. The van der Waals surface area contributed by atoms with E-state index in [4.69, 9.17) is 5.11 Å². The van der Waals surface area contributed by atoms with Gasteiger partial charge in [-0.3, -0.25) is 14.4 Å². The molecule has 0 aromatic carbocycles. The van der Waals surface area contributed by atoms with Gasteiger partial charge in [-0.2, -0.15) is 19.8 Å². The molecule has 2 heterocycles. The molecular weight excluding hydrogens is 933 g/mol. The molecule has 0 bridgehead atoms. The SMILES string of the molecule is C.CC(C)N(C)C(=O)c1cnn(CC(=O)[C@H]2CC[C@H]3[C@@H]4CC[C@@H]5C[C@](C)(O)CC[C@]5(C)[C@H]4CC[C@]23C)n1.CNC(C)C.C[C@@]1(O)CC[C@@]2(C)[C@H](CC[C@@H]3[C@@H]2CC[C@]2(C)[C@@H](C(=O)Cn4ncc(C(=O)O)n4)CC[C@@H]32)C1. The topological polar surface area (TPSA) is 206 Å². The molecule has 0 unspecified atom stereocenters. The molecule has 1 amide bonds. The first kappa shape index (κ1) is 58.1. The first-order valence-electron chi connectivity index (χ1n) is 28.6. The Hall–Kier alpha value is -3.56. The fourth-order valence-electron chi connectivity index (χ4n) is 17.8. The minimum atomic E-state index is -1.12. The number of carbonyl (C=O) groups is 4. The number of aliphatic hydroxyl groups is 2. The van der Waals surface area contributed by atoms with Crippen LogP contribution in [0.1, 0.15) is 213 Å². The van der Waals surface area contributed by atoms with Gasteiger partial charge in [-0.25, -0.2) is 4.79 Å². The Morgan fingerprint density at radius 1 is 0.608 bits per heavy atom. The summed E-state index contributed by atoms with van der Waals surface area (Å²) in [6, 6.07) is 0.712. The highest BCUT2D eigenvalue weighted by Crippen LogP contribution is 2.70. The fraction of sp³-hybridized carbons (Fsp3) is 0.864. The Morgan fingerprint density at radius 3 is 1.38 bits per heavy atom. The summed E-state index contributed by atoms with van der Waals surface area (Å²) in [7, 11) is 3.71. The van der Waals surface area contributed by atoms with Gasteiger partial charge in [0.05, 0.1) is 23.6 Å². The van der Waals surface area contributed by atoms with E-state index < -0.39 is 17.2 Å². The van der Waals surface area contributed by atoms with Crippen molar-refractivity contribution >= 4 is 23.4 Å². The number of rotatable bonds is 10. The van der Waals surface area contributed by atoms with Crippen LogP contribution in [0.5, 0.6) is 0 Å². The van der Waals surface area contributed by atoms with Crippen molar-refractivity contribution < 1.29 is 34.5 Å². The van der Waals surface area contributed by atoms with Crippen molar-refractivity contribution in [1.29, 1.82) is 0 Å². The maximum Gasteiger partial charge on any atom is 0.358 e. The van der Waals surface area contributed by atoms with Gasteiger partial charge in [0.2, 0.25) is 0 Å². The minimum absolute atomic E-state index is 0. The number of amides is 1. The molecule has 8 aliphatic rings. The van der Waals surface area contributed by atoms with Crippen LogP contribution < -0.4 is 5.32 Å². The third-order valence-electron chi connectivity index (χ3n) is 22.5. The third-order valence-corrected chi connectivity index (χ3v) is 22.5. The highest BCUT2D eigenvalue weighted by Gasteiger charge is 2.63. The Bertz CT molecular complexity index is 2330. The number of aromatic nitrogens is 6. The number of nitrogens with one attached hydrogen (secondary N) is 1. The molecule has 416 valence electrons. The van der Waals surface area contributed by atoms with Crippen molar-refractivity contribution in [2.24, 2.45) is 80.8 Å². The number of Topliss-reactive ketones (excluding diaryl/α,β-unsaturated/α-hetero) is 2. The van der Waals surface area contributed by atoms with Crippen LogP contribution in [0.2, 0.25) is 0 Å². The molecule has 0 aliphatic heterocycles. The number of ketones is 2. The maximum atomic E-state index is 13.6. The Balaban J connectivity index is 0.000000197. The Kier molecular flexibility index (Phi) is 17.0. The fourth-order valence-corrected chi connectivity index (χ4v) is 17.8. The number of carbonyl (C=O) groups excluding carboxylic acids is 3. The van der Waals surface area contributed by atoms with Gasteiger partial charge in [-0.1, -0.05) is 49.0 Å². The van der Waals surface area contributed by atoms with E-state index in [1.54, 1.807) is 11.9 Å². The molecule has 15 heteroatoms. The molecule has 0 radical (unpaired) electrons. The quantitative estimate of drug-likeness (QED) is 0.176. The average Bonchev–Trinajstić information content (AvgIpc) is 4.14. The number of fused-ring (bicyclic) bond motifs is 10. The number of nitrogens with zero attached hydrogens (tertiary/aromatic N) is 7. The van der Waals surface area contributed by atoms with E-state index in [1.165, 1.54) is 60.5 Å². The summed E-state index contributed by atoms with van der Waals surface area (Å²) in [6.07, 6.45) is 22.3. The maximum absolute atomic E-state index is 13.6. The second-order valence-electron chi connectivity index (χ2n) is 27.3. The summed E-state index contributed by atoms with van der Waals surface area (Å²) < 4.78 is 0. The Labute approximate surface area is 443 Å². The van der Waals surface area contributed by atoms with Crippen molar-refractivity contribution in [3.05, 3.63) is 23.8 Å². The van der Waals surface area contributed by atoms with Crippen molar-refractivity contribution in [3.8, 4) is 0 Å². The lowest BCUT2D eigenvalue weighted by molar-refractivity contribution is -0.151. The van der Waals surface area contributed by atoms with Gasteiger partial charge in [0.1, 0.15) is 13.1 Å². The van der Waals surface area contributed by atoms with Gasteiger partial charge in [-0.05, 0) is 219 Å². The molecule has 16 atom stereocenters. The highest BCUT2D eigenvalue weighted by atomic mass is 16.4. The molecular formula is C59H98N8O7. The van der Waals surface area contributed by atoms with Gasteiger partial charge in [0.25, 0.3) is 5.91 Å². The average molecular weight is 1030 g/mol. The molecule has 0 spiro atoms. The van der Waals surface area contributed by atoms with E-state index in [0.717, 1.165) is 83.0 Å². The predicted molar refractivity (Wildman–Crippen MR) is 287 cm³/mol. The van der Waals surface area contributed by atoms with E-state index in [2.05, 4.69) is 67.3 Å². The lowest BCUT2D eigenvalue weighted by Crippen LogP contribution is -2.55. The van der Waals surface area contributed by atoms with Crippen LogP contribution in [-0.4, -0.2) is 111 Å². The molecule has 10 rings (SSSR count). The molecule has 74 heavy (non-hydrogen) atoms. The number of aromatic carboxylic acids is 1. The summed E-state index contributed by atoms with van der Waals surface area (Å²) in [4.78, 5) is 54.9. The summed E-state index contributed by atoms with van der Waals surface area (Å²) in [5.74, 6) is 4.36. The smallest absolute Gasteiger partial charge is 0.358 e. The molecule has 8 fully saturated rings. The second kappa shape index (κ2) is 21.7. The molecule has 0 saturated heterocycles. The van der Waals surface area contributed by atoms with Crippen LogP contribution in [0, 0.1) is 80.8 Å². The summed E-state index contributed by atoms with van der Waals surface area (Å²) in [5.41, 5.74) is -0.112. The Morgan fingerprint density at radius 2 is 1.00 bits per heavy atom. The zero-order chi connectivity index (χ0) is 53.2. The summed E-state index contributed by atoms with van der Waals surface area (Å²) in [5, 5.41) is 50.1. The standard InChI is InChI=1S/C29H46N4O3.C25H37N3O4.C4H11N.CH4/c1-18(2)32(6)26(35)24-16-30-33(31-24)17-25(34)23-10-9-21-20-8-7-19-15-27(3,36)13-14-28(19,4)22(20)11-12-29(21,23)5;1-23(32)10-11-24(2)15(12-23)4-5-16-17-6-7-19(25(17,3)9-8-18(16)24)21(29)14-28-26-13-20(27-28)22(30)31;1-4(2)5-3;/h16,18-23,36H,7-15,17H2,1-6H3;13,15-19,32H,4-12,14H2,1-3H3,(H,30,31);4-5H,1-3H3;1H4/t19-,20+,21+,22+,23-,27-,28+,29+;15-,16+,17+,18+,19-,23-,24+,25+;;/m11../s1. The van der Waals surface area contributed by atoms with Crippen molar-refractivity contribution in [1.82, 2.24) is 40.2 Å². The third kappa shape index (κ3) is 11.0. The van der Waals surface area contributed by atoms with Gasteiger partial charge in [-0.15, -0.1) is 10.2 Å². The van der Waals surface area contributed by atoms with Crippen LogP contribution in [-0.2, 0) is 22.7 Å². The molecule has 15 nitrogen and oxygen atoms in total. The lowest BCUT2D eigenvalue weighted by atomic mass is 9.44. The second-order valence-corrected chi connectivity index (χ2v) is 27.3. The molecule has 2 aromatic heterocycles. The van der Waals surface area contributed by atoms with E-state index >= 15 is 0 Å². The van der Waals surface area contributed by atoms with Crippen LogP contribution in [0.15, 0.2) is 12.4 Å². The number of carboxylic acids is 1. The zero-order valence-corrected chi connectivity index (χ0v) is 46.8. The summed E-state index contributed by atoms with van der Waals surface area (Å²) in [6.45, 7) is 22.1. The number of hydrogen-bond donors (Lipinski definition) is 4.